The van der Waals surface area contributed by atoms with E-state index in [1.165, 1.54) is 6.29 Å². The zero-order valence-electron chi connectivity index (χ0n) is 6.12. The molecule has 0 saturated carbocycles. The van der Waals surface area contributed by atoms with Crippen molar-refractivity contribution in [3.63, 3.8) is 0 Å². The van der Waals surface area contributed by atoms with Crippen molar-refractivity contribution < 1.29 is 23.9 Å². The highest BCUT2D eigenvalue weighted by atomic mass is 16.5. The molecule has 0 aromatic heterocycles. The second-order valence-corrected chi connectivity index (χ2v) is 1.60. The lowest BCUT2D eigenvalue weighted by molar-refractivity contribution is -0.155. The van der Waals surface area contributed by atoms with Crippen LogP contribution in [0, 0.1) is 5.92 Å². The van der Waals surface area contributed by atoms with Crippen molar-refractivity contribution in [3.05, 3.63) is 0 Å². The zero-order chi connectivity index (χ0) is 8.85. The summed E-state index contributed by atoms with van der Waals surface area (Å²) in [5.74, 6) is -3.51. The minimum atomic E-state index is -1.58. The van der Waals surface area contributed by atoms with Gasteiger partial charge in [-0.05, 0) is 0 Å². The van der Waals surface area contributed by atoms with Crippen LogP contribution in [0.15, 0.2) is 0 Å². The van der Waals surface area contributed by atoms with Gasteiger partial charge in [-0.1, -0.05) is 0 Å². The second-order valence-electron chi connectivity index (χ2n) is 1.60. The standard InChI is InChI=1S/C6H7O5/c1-10-5(8)4(3-7)6(9)11-2/h4H,1-2H3. The average Bonchev–Trinajstić information content (AvgIpc) is 2.05. The van der Waals surface area contributed by atoms with Gasteiger partial charge in [0.25, 0.3) is 0 Å². The molecule has 0 N–H and O–H groups in total. The van der Waals surface area contributed by atoms with Crippen molar-refractivity contribution in [1.82, 2.24) is 0 Å². The van der Waals surface area contributed by atoms with Gasteiger partial charge in [0.2, 0.25) is 12.2 Å². The maximum absolute atomic E-state index is 10.6. The Bertz CT molecular complexity index is 158. The Labute approximate surface area is 63.3 Å². The van der Waals surface area contributed by atoms with Gasteiger partial charge in [-0.25, -0.2) is 0 Å². The van der Waals surface area contributed by atoms with Gasteiger partial charge in [0.15, 0.2) is 0 Å². The molecule has 61 valence electrons. The summed E-state index contributed by atoms with van der Waals surface area (Å²) < 4.78 is 8.25. The molecule has 1 radical (unpaired) electrons. The summed E-state index contributed by atoms with van der Waals surface area (Å²) in [6.07, 6.45) is 1.20. The van der Waals surface area contributed by atoms with E-state index >= 15 is 0 Å². The van der Waals surface area contributed by atoms with E-state index < -0.39 is 17.9 Å². The minimum absolute atomic E-state index is 0.966. The molecule has 0 spiro atoms. The van der Waals surface area contributed by atoms with E-state index in [9.17, 15) is 14.4 Å². The van der Waals surface area contributed by atoms with Gasteiger partial charge in [-0.3, -0.25) is 14.4 Å². The molecule has 0 aromatic carbocycles. The Balaban J connectivity index is 4.27. The fourth-order valence-corrected chi connectivity index (χ4v) is 0.428. The molecule has 0 rings (SSSR count). The molecular weight excluding hydrogens is 152 g/mol. The summed E-state index contributed by atoms with van der Waals surface area (Å²) in [5.41, 5.74) is 0. The Morgan fingerprint density at radius 2 is 1.55 bits per heavy atom. The SMILES string of the molecule is COC(=O)C([C]=O)C(=O)OC. The van der Waals surface area contributed by atoms with Gasteiger partial charge < -0.3 is 9.47 Å². The average molecular weight is 159 g/mol. The van der Waals surface area contributed by atoms with Crippen molar-refractivity contribution in [2.24, 2.45) is 5.92 Å². The number of carbonyl (C=O) groups is 2. The fraction of sp³-hybridized carbons (Fsp3) is 0.500. The number of hydrogen-bond acceptors (Lipinski definition) is 5. The number of rotatable bonds is 3. The van der Waals surface area contributed by atoms with Crippen LogP contribution in [0.2, 0.25) is 0 Å². The number of carbonyl (C=O) groups excluding carboxylic acids is 3. The molecule has 0 fully saturated rings. The predicted molar refractivity (Wildman–Crippen MR) is 33.2 cm³/mol. The van der Waals surface area contributed by atoms with Gasteiger partial charge in [0.1, 0.15) is 0 Å². The molecule has 0 aliphatic rings. The van der Waals surface area contributed by atoms with Crippen molar-refractivity contribution in [3.8, 4) is 0 Å². The highest BCUT2D eigenvalue weighted by molar-refractivity contribution is 6.07. The van der Waals surface area contributed by atoms with Gasteiger partial charge in [-0.15, -0.1) is 0 Å². The number of esters is 2. The van der Waals surface area contributed by atoms with E-state index in [-0.39, 0.29) is 0 Å². The summed E-state index contributed by atoms with van der Waals surface area (Å²) >= 11 is 0. The molecular formula is C6H7O5. The van der Waals surface area contributed by atoms with Crippen LogP contribution < -0.4 is 0 Å². The van der Waals surface area contributed by atoms with E-state index in [4.69, 9.17) is 0 Å². The molecule has 5 heteroatoms. The Morgan fingerprint density at radius 3 is 1.73 bits per heavy atom. The van der Waals surface area contributed by atoms with Crippen LogP contribution in [-0.2, 0) is 23.9 Å². The normalized spacial score (nSPS) is 9.00. The molecule has 0 saturated heterocycles. The van der Waals surface area contributed by atoms with Gasteiger partial charge in [0, 0.05) is 0 Å². The molecule has 0 bridgehead atoms. The highest BCUT2D eigenvalue weighted by Gasteiger charge is 2.28. The summed E-state index contributed by atoms with van der Waals surface area (Å²) in [7, 11) is 2.13. The minimum Gasteiger partial charge on any atom is -0.468 e. The third-order valence-electron chi connectivity index (χ3n) is 0.992. The third-order valence-corrected chi connectivity index (χ3v) is 0.992. The van der Waals surface area contributed by atoms with Crippen molar-refractivity contribution in [1.29, 1.82) is 0 Å². The highest BCUT2D eigenvalue weighted by Crippen LogP contribution is 1.97. The Hall–Kier alpha value is -1.39. The largest absolute Gasteiger partial charge is 0.468 e. The van der Waals surface area contributed by atoms with Gasteiger partial charge in [-0.2, -0.15) is 0 Å². The van der Waals surface area contributed by atoms with E-state index in [0.29, 0.717) is 0 Å². The lowest BCUT2D eigenvalue weighted by Crippen LogP contribution is -2.27. The van der Waals surface area contributed by atoms with Crippen molar-refractivity contribution >= 4 is 18.2 Å². The Morgan fingerprint density at radius 1 is 1.18 bits per heavy atom. The Kier molecular flexibility index (Phi) is 3.87. The zero-order valence-corrected chi connectivity index (χ0v) is 6.12. The molecule has 0 atom stereocenters. The number of ether oxygens (including phenoxy) is 2. The lowest BCUT2D eigenvalue weighted by atomic mass is 10.2. The topological polar surface area (TPSA) is 69.7 Å². The first-order valence-electron chi connectivity index (χ1n) is 2.70. The molecule has 0 aliphatic carbocycles. The quantitative estimate of drug-likeness (QED) is 0.392. The van der Waals surface area contributed by atoms with E-state index in [2.05, 4.69) is 9.47 Å². The summed E-state index contributed by atoms with van der Waals surface area (Å²) in [5, 5.41) is 0. The van der Waals surface area contributed by atoms with Gasteiger partial charge >= 0.3 is 11.9 Å². The molecule has 0 heterocycles. The summed E-state index contributed by atoms with van der Waals surface area (Å²) in [6, 6.07) is 0. The summed E-state index contributed by atoms with van der Waals surface area (Å²) in [4.78, 5) is 31.1. The first kappa shape index (κ1) is 9.61. The lowest BCUT2D eigenvalue weighted by Gasteiger charge is -2.03. The molecule has 0 unspecified atom stereocenters. The first-order chi connectivity index (χ1) is 5.17. The van der Waals surface area contributed by atoms with Crippen LogP contribution in [-0.4, -0.2) is 32.4 Å². The van der Waals surface area contributed by atoms with E-state index in [1.807, 2.05) is 0 Å². The van der Waals surface area contributed by atoms with Crippen molar-refractivity contribution in [2.75, 3.05) is 14.2 Å². The van der Waals surface area contributed by atoms with Crippen LogP contribution in [0.3, 0.4) is 0 Å². The van der Waals surface area contributed by atoms with Crippen LogP contribution in [0.1, 0.15) is 0 Å². The van der Waals surface area contributed by atoms with Crippen LogP contribution in [0.25, 0.3) is 0 Å². The van der Waals surface area contributed by atoms with Crippen LogP contribution >= 0.6 is 0 Å². The molecule has 0 aromatic rings. The first-order valence-corrected chi connectivity index (χ1v) is 2.70. The van der Waals surface area contributed by atoms with Crippen LogP contribution in [0.5, 0.6) is 0 Å². The van der Waals surface area contributed by atoms with Gasteiger partial charge in [0.05, 0.1) is 14.2 Å². The van der Waals surface area contributed by atoms with E-state index in [0.717, 1.165) is 14.2 Å². The smallest absolute Gasteiger partial charge is 0.328 e. The molecule has 0 aliphatic heterocycles. The maximum atomic E-state index is 10.6. The predicted octanol–water partition coefficient (Wildman–Crippen LogP) is -0.942. The third kappa shape index (κ3) is 2.37. The number of hydrogen-bond donors (Lipinski definition) is 0. The second kappa shape index (κ2) is 4.43. The fourth-order valence-electron chi connectivity index (χ4n) is 0.428. The monoisotopic (exact) mass is 159 g/mol. The van der Waals surface area contributed by atoms with Crippen LogP contribution in [0.4, 0.5) is 0 Å². The molecule has 11 heavy (non-hydrogen) atoms. The molecule has 0 amide bonds. The summed E-state index contributed by atoms with van der Waals surface area (Å²) in [6.45, 7) is 0. The number of methoxy groups -OCH3 is 2. The maximum Gasteiger partial charge on any atom is 0.328 e. The van der Waals surface area contributed by atoms with Crippen molar-refractivity contribution in [2.45, 2.75) is 0 Å². The van der Waals surface area contributed by atoms with E-state index in [1.54, 1.807) is 0 Å². The molecule has 5 nitrogen and oxygen atoms in total.